The number of alkyl halides is 2. The number of fused-ring (bicyclic) bond motifs is 1. The lowest BCUT2D eigenvalue weighted by Crippen LogP contribution is -2.40. The fourth-order valence-corrected chi connectivity index (χ4v) is 5.26. The Morgan fingerprint density at radius 2 is 1.73 bits per heavy atom. The van der Waals surface area contributed by atoms with Crippen LogP contribution in [0.4, 0.5) is 14.6 Å². The molecular weight excluding hydrogens is 564 g/mol. The topological polar surface area (TPSA) is 92.6 Å². The van der Waals surface area contributed by atoms with Crippen molar-refractivity contribution in [3.8, 4) is 0 Å². The van der Waals surface area contributed by atoms with Gasteiger partial charge in [0.05, 0.1) is 26.1 Å². The molecule has 0 saturated heterocycles. The summed E-state index contributed by atoms with van der Waals surface area (Å²) < 4.78 is 51.5. The van der Waals surface area contributed by atoms with Gasteiger partial charge in [0.2, 0.25) is 12.8 Å². The number of nitrogens with zero attached hydrogens (tertiary/aromatic N) is 2. The second-order valence-electron chi connectivity index (χ2n) is 8.02. The summed E-state index contributed by atoms with van der Waals surface area (Å²) in [7, 11) is 1.55. The predicted octanol–water partition coefficient (Wildman–Crippen LogP) is 3.83. The van der Waals surface area contributed by atoms with Crippen LogP contribution >= 0.6 is 21.2 Å². The van der Waals surface area contributed by atoms with Crippen LogP contribution in [0.1, 0.15) is 41.7 Å². The van der Waals surface area contributed by atoms with Crippen LogP contribution < -0.4 is 10.6 Å². The highest BCUT2D eigenvalue weighted by Gasteiger charge is 2.28. The van der Waals surface area contributed by atoms with Gasteiger partial charge in [0.15, 0.2) is 7.85 Å². The molecule has 2 heterocycles. The number of amides is 1. The van der Waals surface area contributed by atoms with E-state index in [-0.39, 0.29) is 22.9 Å². The fraction of sp³-hybridized carbons (Fsp3) is 0.333. The predicted molar refractivity (Wildman–Crippen MR) is 130 cm³/mol. The maximum absolute atomic E-state index is 13.4. The summed E-state index contributed by atoms with van der Waals surface area (Å²) in [6, 6.07) is 11.1. The van der Waals surface area contributed by atoms with Crippen molar-refractivity contribution in [3.05, 3.63) is 59.9 Å². The number of pyridine rings is 1. The Hall–Kier alpha value is -2.22. The summed E-state index contributed by atoms with van der Waals surface area (Å²) in [5.41, 5.74) is 0.285. The van der Waals surface area contributed by atoms with Crippen LogP contribution in [0.3, 0.4) is 0 Å². The molecule has 0 spiro atoms. The maximum atomic E-state index is 13.4. The van der Waals surface area contributed by atoms with Crippen molar-refractivity contribution in [2.75, 3.05) is 5.32 Å². The van der Waals surface area contributed by atoms with Crippen molar-refractivity contribution in [3.63, 3.8) is 0 Å². The van der Waals surface area contributed by atoms with Crippen molar-refractivity contribution in [1.82, 2.24) is 14.7 Å². The minimum Gasteiger partial charge on any atom is -0.368 e. The average molecular weight is 584 g/mol. The number of halogens is 3. The van der Waals surface area contributed by atoms with E-state index in [4.69, 9.17) is 7.85 Å². The van der Waals surface area contributed by atoms with Crippen LogP contribution in [-0.2, 0) is 12.8 Å². The van der Waals surface area contributed by atoms with Gasteiger partial charge in [0.25, 0.3) is 5.91 Å². The summed E-state index contributed by atoms with van der Waals surface area (Å²) in [5.74, 6) is -3.11. The van der Waals surface area contributed by atoms with Gasteiger partial charge in [-0.05, 0) is 62.1 Å². The number of carbonyl (C=O) groups is 1. The normalized spacial score (nSPS) is 19.4. The summed E-state index contributed by atoms with van der Waals surface area (Å²) in [6.45, 7) is 0. The standard InChI is InChI=1S/C21H20BF2IN4O3S/c22-21(23,24)17-12-29-18(2-1-3-19(29)28-17)26-14-6-8-15(9-7-14)27-20(30)13-4-10-16(11-5-13)33(25,31)32/h1-5,10-12,14-15,26H,6-9H2,(H,27,30). The van der Waals surface area contributed by atoms with Gasteiger partial charge in [0, 0.05) is 23.8 Å². The van der Waals surface area contributed by atoms with Crippen LogP contribution in [0.15, 0.2) is 53.6 Å². The van der Waals surface area contributed by atoms with E-state index in [9.17, 15) is 22.0 Å². The molecule has 2 radical (unpaired) electrons. The molecule has 0 atom stereocenters. The zero-order chi connectivity index (χ0) is 23.8. The quantitative estimate of drug-likeness (QED) is 0.261. The third-order valence-electron chi connectivity index (χ3n) is 5.65. The van der Waals surface area contributed by atoms with E-state index in [1.165, 1.54) is 51.7 Å². The molecule has 172 valence electrons. The van der Waals surface area contributed by atoms with E-state index in [0.29, 0.717) is 17.0 Å². The van der Waals surface area contributed by atoms with Crippen molar-refractivity contribution in [1.29, 1.82) is 0 Å². The number of hydrogen-bond acceptors (Lipinski definition) is 5. The zero-order valence-corrected chi connectivity index (χ0v) is 20.3. The minimum atomic E-state index is -3.51. The van der Waals surface area contributed by atoms with Crippen LogP contribution in [0, 0.1) is 0 Å². The van der Waals surface area contributed by atoms with Crippen LogP contribution in [0.5, 0.6) is 0 Å². The van der Waals surface area contributed by atoms with Gasteiger partial charge in [0.1, 0.15) is 17.2 Å². The second-order valence-corrected chi connectivity index (χ2v) is 12.8. The molecule has 1 aromatic carbocycles. The van der Waals surface area contributed by atoms with Gasteiger partial charge in [-0.1, -0.05) is 6.07 Å². The average Bonchev–Trinajstić information content (AvgIpc) is 3.21. The van der Waals surface area contributed by atoms with Crippen molar-refractivity contribution in [2.45, 2.75) is 48.5 Å². The summed E-state index contributed by atoms with van der Waals surface area (Å²) in [5, 5.41) is 6.38. The summed E-state index contributed by atoms with van der Waals surface area (Å²) in [4.78, 5) is 16.6. The first-order valence-electron chi connectivity index (χ1n) is 10.3. The molecule has 2 N–H and O–H groups in total. The molecule has 33 heavy (non-hydrogen) atoms. The Morgan fingerprint density at radius 1 is 1.09 bits per heavy atom. The van der Waals surface area contributed by atoms with Crippen molar-refractivity contribution < 1.29 is 22.0 Å². The lowest BCUT2D eigenvalue weighted by molar-refractivity contribution is 0.0895. The number of imidazole rings is 1. The van der Waals surface area contributed by atoms with E-state index >= 15 is 0 Å². The minimum absolute atomic E-state index is 0.00453. The van der Waals surface area contributed by atoms with E-state index in [1.54, 1.807) is 22.6 Å². The zero-order valence-electron chi connectivity index (χ0n) is 17.3. The molecule has 1 saturated carbocycles. The molecule has 4 rings (SSSR count). The van der Waals surface area contributed by atoms with Gasteiger partial charge < -0.3 is 10.6 Å². The van der Waals surface area contributed by atoms with E-state index in [2.05, 4.69) is 15.6 Å². The first kappa shape index (κ1) is 23.9. The molecule has 12 heteroatoms. The number of benzene rings is 1. The van der Waals surface area contributed by atoms with Gasteiger partial charge in [-0.3, -0.25) is 9.20 Å². The number of anilines is 1. The largest absolute Gasteiger partial charge is 0.368 e. The van der Waals surface area contributed by atoms with Crippen LogP contribution in [-0.4, -0.2) is 43.6 Å². The highest BCUT2D eigenvalue weighted by Crippen LogP contribution is 2.27. The molecular formula is C21H20BF2IN4O3S. The first-order valence-corrected chi connectivity index (χ1v) is 14.3. The van der Waals surface area contributed by atoms with Crippen molar-refractivity contribution >= 4 is 53.4 Å². The van der Waals surface area contributed by atoms with Crippen molar-refractivity contribution in [2.24, 2.45) is 0 Å². The van der Waals surface area contributed by atoms with Gasteiger partial charge in [-0.15, -0.1) is 0 Å². The van der Waals surface area contributed by atoms with Gasteiger partial charge in [-0.2, -0.15) is 0 Å². The SMILES string of the molecule is [B]C(F)(F)c1cn2c(NC3CCC(NC(=O)c4ccc(S(=O)(=O)I)cc4)CC3)cccc2n1. The molecule has 1 aliphatic carbocycles. The molecule has 7 nitrogen and oxygen atoms in total. The van der Waals surface area contributed by atoms with E-state index in [0.717, 1.165) is 25.7 Å². The lowest BCUT2D eigenvalue weighted by Gasteiger charge is -2.30. The number of nitrogens with one attached hydrogen (secondary N) is 2. The van der Waals surface area contributed by atoms with Crippen LogP contribution in [0.25, 0.3) is 5.65 Å². The summed E-state index contributed by atoms with van der Waals surface area (Å²) >= 11 is 1.36. The number of aromatic nitrogens is 2. The number of hydrogen-bond donors (Lipinski definition) is 2. The van der Waals surface area contributed by atoms with Gasteiger partial charge >= 0.3 is 0 Å². The number of carbonyl (C=O) groups excluding carboxylic acids is 1. The highest BCUT2D eigenvalue weighted by atomic mass is 127. The second kappa shape index (κ2) is 9.20. The fourth-order valence-electron chi connectivity index (χ4n) is 3.92. The Kier molecular flexibility index (Phi) is 6.67. The third-order valence-corrected chi connectivity index (χ3v) is 8.01. The Bertz CT molecular complexity index is 1270. The molecule has 0 unspecified atom stereocenters. The smallest absolute Gasteiger partial charge is 0.251 e. The highest BCUT2D eigenvalue weighted by molar-refractivity contribution is 14.2. The molecule has 0 aliphatic heterocycles. The Labute approximate surface area is 203 Å². The Morgan fingerprint density at radius 3 is 2.33 bits per heavy atom. The monoisotopic (exact) mass is 584 g/mol. The third kappa shape index (κ3) is 5.65. The molecule has 1 aliphatic rings. The first-order chi connectivity index (χ1) is 15.5. The molecule has 1 amide bonds. The molecule has 3 aromatic rings. The molecule has 1 fully saturated rings. The lowest BCUT2D eigenvalue weighted by atomic mass is 9.91. The van der Waals surface area contributed by atoms with Gasteiger partial charge in [-0.25, -0.2) is 22.2 Å². The number of rotatable bonds is 6. The van der Waals surface area contributed by atoms with Crippen LogP contribution in [0.2, 0.25) is 0 Å². The van der Waals surface area contributed by atoms with E-state index < -0.39 is 18.5 Å². The summed E-state index contributed by atoms with van der Waals surface area (Å²) in [6.07, 6.45) is 4.29. The molecule has 0 bridgehead atoms. The molecule has 2 aromatic heterocycles. The maximum Gasteiger partial charge on any atom is 0.251 e. The van der Waals surface area contributed by atoms with E-state index in [1.807, 2.05) is 0 Å². The Balaban J connectivity index is 1.35.